The third kappa shape index (κ3) is 4.45. The first-order valence-electron chi connectivity index (χ1n) is 7.40. The van der Waals surface area contributed by atoms with Crippen LogP contribution in [0.4, 0.5) is 0 Å². The number of H-pyrrole nitrogens is 1. The van der Waals surface area contributed by atoms with Crippen LogP contribution in [0.1, 0.15) is 18.3 Å². The van der Waals surface area contributed by atoms with Crippen LogP contribution in [0.15, 0.2) is 24.3 Å². The second kappa shape index (κ2) is 8.30. The van der Waals surface area contributed by atoms with Gasteiger partial charge in [-0.3, -0.25) is 9.89 Å². The summed E-state index contributed by atoms with van der Waals surface area (Å²) in [5.41, 5.74) is 0.803. The van der Waals surface area contributed by atoms with E-state index in [1.165, 1.54) is 6.08 Å². The van der Waals surface area contributed by atoms with E-state index in [2.05, 4.69) is 15.5 Å². The molecule has 0 unspecified atom stereocenters. The Morgan fingerprint density at radius 2 is 2.00 bits per heavy atom. The third-order valence-corrected chi connectivity index (χ3v) is 3.69. The molecule has 8 heteroatoms. The molecule has 0 radical (unpaired) electrons. The topological polar surface area (TPSA) is 81.2 Å². The van der Waals surface area contributed by atoms with Crippen molar-refractivity contribution in [2.75, 3.05) is 14.2 Å². The molecule has 2 aromatic rings. The SMILES string of the molecule is CCn1c(CNC(=O)/C=C/c2cc(OC)cc(OC)c2)n[nH]c1=S. The number of methoxy groups -OCH3 is 2. The molecule has 0 aliphatic heterocycles. The molecule has 1 heterocycles. The van der Waals surface area contributed by atoms with Gasteiger partial charge < -0.3 is 19.4 Å². The van der Waals surface area contributed by atoms with Crippen molar-refractivity contribution in [3.8, 4) is 11.5 Å². The molecule has 0 spiro atoms. The van der Waals surface area contributed by atoms with Crippen molar-refractivity contribution in [1.82, 2.24) is 20.1 Å². The molecule has 0 saturated heterocycles. The number of benzene rings is 1. The minimum absolute atomic E-state index is 0.228. The molecule has 0 bridgehead atoms. The molecule has 0 fully saturated rings. The summed E-state index contributed by atoms with van der Waals surface area (Å²) >= 11 is 5.11. The Balaban J connectivity index is 2.01. The Labute approximate surface area is 145 Å². The zero-order chi connectivity index (χ0) is 17.5. The van der Waals surface area contributed by atoms with Gasteiger partial charge in [-0.25, -0.2) is 0 Å². The summed E-state index contributed by atoms with van der Waals surface area (Å²) in [6, 6.07) is 5.40. The summed E-state index contributed by atoms with van der Waals surface area (Å²) in [5.74, 6) is 1.78. The first-order chi connectivity index (χ1) is 11.6. The van der Waals surface area contributed by atoms with Crippen molar-refractivity contribution in [2.45, 2.75) is 20.0 Å². The second-order valence-electron chi connectivity index (χ2n) is 4.89. The van der Waals surface area contributed by atoms with Gasteiger partial charge in [-0.2, -0.15) is 5.10 Å². The summed E-state index contributed by atoms with van der Waals surface area (Å²) in [6.07, 6.45) is 3.14. The van der Waals surface area contributed by atoms with E-state index in [4.69, 9.17) is 21.7 Å². The summed E-state index contributed by atoms with van der Waals surface area (Å²) in [4.78, 5) is 12.0. The molecule has 2 N–H and O–H groups in total. The average molecular weight is 348 g/mol. The van der Waals surface area contributed by atoms with Crippen LogP contribution in [0, 0.1) is 4.77 Å². The van der Waals surface area contributed by atoms with Gasteiger partial charge in [-0.05, 0) is 42.9 Å². The van der Waals surface area contributed by atoms with E-state index >= 15 is 0 Å². The Hall–Kier alpha value is -2.61. The number of nitrogens with zero attached hydrogens (tertiary/aromatic N) is 2. The molecule has 2 rings (SSSR count). The molecular formula is C16H20N4O3S. The van der Waals surface area contributed by atoms with Crippen LogP contribution in [0.5, 0.6) is 11.5 Å². The molecule has 0 saturated carbocycles. The zero-order valence-electron chi connectivity index (χ0n) is 13.8. The summed E-state index contributed by atoms with van der Waals surface area (Å²) in [6.45, 7) is 2.96. The van der Waals surface area contributed by atoms with Gasteiger partial charge in [0.1, 0.15) is 11.5 Å². The van der Waals surface area contributed by atoms with Gasteiger partial charge in [-0.1, -0.05) is 0 Å². The Morgan fingerprint density at radius 1 is 1.33 bits per heavy atom. The van der Waals surface area contributed by atoms with Crippen LogP contribution in [0.3, 0.4) is 0 Å². The maximum Gasteiger partial charge on any atom is 0.244 e. The van der Waals surface area contributed by atoms with Gasteiger partial charge in [0.05, 0.1) is 20.8 Å². The lowest BCUT2D eigenvalue weighted by molar-refractivity contribution is -0.116. The highest BCUT2D eigenvalue weighted by atomic mass is 32.1. The number of aromatic nitrogens is 3. The van der Waals surface area contributed by atoms with Crippen LogP contribution in [0.2, 0.25) is 0 Å². The van der Waals surface area contributed by atoms with E-state index in [1.807, 2.05) is 23.6 Å². The third-order valence-electron chi connectivity index (χ3n) is 3.38. The van der Waals surface area contributed by atoms with Crippen LogP contribution < -0.4 is 14.8 Å². The molecule has 0 aliphatic rings. The first kappa shape index (κ1) is 17.7. The van der Waals surface area contributed by atoms with Crippen molar-refractivity contribution in [1.29, 1.82) is 0 Å². The molecule has 24 heavy (non-hydrogen) atoms. The lowest BCUT2D eigenvalue weighted by Gasteiger charge is -2.06. The number of ether oxygens (including phenoxy) is 2. The lowest BCUT2D eigenvalue weighted by Crippen LogP contribution is -2.22. The molecule has 1 amide bonds. The standard InChI is InChI=1S/C16H20N4O3S/c1-4-20-14(18-19-16(20)24)10-17-15(21)6-5-11-7-12(22-2)9-13(8-11)23-3/h5-9H,4,10H2,1-3H3,(H,17,21)(H,19,24)/b6-5+. The second-order valence-corrected chi connectivity index (χ2v) is 5.27. The van der Waals surface area contributed by atoms with Gasteiger partial charge >= 0.3 is 0 Å². The highest BCUT2D eigenvalue weighted by Gasteiger charge is 2.05. The fourth-order valence-corrected chi connectivity index (χ4v) is 2.41. The lowest BCUT2D eigenvalue weighted by atomic mass is 10.2. The minimum atomic E-state index is -0.228. The van der Waals surface area contributed by atoms with Crippen LogP contribution >= 0.6 is 12.2 Å². The summed E-state index contributed by atoms with van der Waals surface area (Å²) in [5, 5.41) is 9.59. The van der Waals surface area contributed by atoms with E-state index in [9.17, 15) is 4.79 Å². The van der Waals surface area contributed by atoms with Crippen molar-refractivity contribution in [3.63, 3.8) is 0 Å². The molecule has 1 aromatic carbocycles. The molecule has 128 valence electrons. The van der Waals surface area contributed by atoms with Gasteiger partial charge in [0, 0.05) is 18.7 Å². The van der Waals surface area contributed by atoms with E-state index in [0.717, 1.165) is 5.56 Å². The van der Waals surface area contributed by atoms with Crippen molar-refractivity contribution >= 4 is 24.2 Å². The smallest absolute Gasteiger partial charge is 0.244 e. The molecule has 0 atom stereocenters. The minimum Gasteiger partial charge on any atom is -0.497 e. The van der Waals surface area contributed by atoms with Crippen LogP contribution in [-0.4, -0.2) is 34.9 Å². The van der Waals surface area contributed by atoms with Crippen LogP contribution in [0.25, 0.3) is 6.08 Å². The van der Waals surface area contributed by atoms with Crippen LogP contribution in [-0.2, 0) is 17.9 Å². The number of rotatable bonds is 7. The Bertz CT molecular complexity index is 773. The average Bonchev–Trinajstić information content (AvgIpc) is 2.97. The largest absolute Gasteiger partial charge is 0.497 e. The number of amides is 1. The van der Waals surface area contributed by atoms with Gasteiger partial charge in [-0.15, -0.1) is 0 Å². The molecular weight excluding hydrogens is 328 g/mol. The zero-order valence-corrected chi connectivity index (χ0v) is 14.6. The number of carbonyl (C=O) groups excluding carboxylic acids is 1. The molecule has 1 aromatic heterocycles. The van der Waals surface area contributed by atoms with Gasteiger partial charge in [0.2, 0.25) is 5.91 Å². The number of aromatic amines is 1. The molecule has 7 nitrogen and oxygen atoms in total. The quantitative estimate of drug-likeness (QED) is 0.593. The van der Waals surface area contributed by atoms with Gasteiger partial charge in [0.25, 0.3) is 0 Å². The Kier molecular flexibility index (Phi) is 6.14. The molecule has 0 aliphatic carbocycles. The highest BCUT2D eigenvalue weighted by Crippen LogP contribution is 2.23. The van der Waals surface area contributed by atoms with Crippen molar-refractivity contribution < 1.29 is 14.3 Å². The summed E-state index contributed by atoms with van der Waals surface area (Å²) in [7, 11) is 3.16. The monoisotopic (exact) mass is 348 g/mol. The number of hydrogen-bond donors (Lipinski definition) is 2. The predicted molar refractivity (Wildman–Crippen MR) is 93.5 cm³/mol. The van der Waals surface area contributed by atoms with E-state index < -0.39 is 0 Å². The number of nitrogens with one attached hydrogen (secondary N) is 2. The van der Waals surface area contributed by atoms with Crippen molar-refractivity contribution in [2.24, 2.45) is 0 Å². The van der Waals surface area contributed by atoms with Crippen molar-refractivity contribution in [3.05, 3.63) is 40.4 Å². The first-order valence-corrected chi connectivity index (χ1v) is 7.81. The maximum absolute atomic E-state index is 12.0. The Morgan fingerprint density at radius 3 is 2.58 bits per heavy atom. The normalized spacial score (nSPS) is 10.8. The van der Waals surface area contributed by atoms with E-state index in [1.54, 1.807) is 26.4 Å². The number of hydrogen-bond acceptors (Lipinski definition) is 5. The number of carbonyl (C=O) groups is 1. The maximum atomic E-state index is 12.0. The predicted octanol–water partition coefficient (Wildman–Crippen LogP) is 2.31. The van der Waals surface area contributed by atoms with E-state index in [-0.39, 0.29) is 5.91 Å². The highest BCUT2D eigenvalue weighted by molar-refractivity contribution is 7.71. The summed E-state index contributed by atoms with van der Waals surface area (Å²) < 4.78 is 12.8. The van der Waals surface area contributed by atoms with Gasteiger partial charge in [0.15, 0.2) is 10.6 Å². The fraction of sp³-hybridized carbons (Fsp3) is 0.312. The fourth-order valence-electron chi connectivity index (χ4n) is 2.13. The van der Waals surface area contributed by atoms with E-state index in [0.29, 0.717) is 35.2 Å².